The Morgan fingerprint density at radius 1 is 1.19 bits per heavy atom. The normalized spacial score (nSPS) is 10.7. The zero-order valence-electron chi connectivity index (χ0n) is 12.5. The molecule has 0 spiro atoms. The molecule has 21 heavy (non-hydrogen) atoms. The minimum atomic E-state index is -0.264. The topological polar surface area (TPSA) is 26.3 Å². The minimum absolute atomic E-state index is 0.249. The smallest absolute Gasteiger partial charge is 0.153 e. The molecule has 110 valence electrons. The van der Waals surface area contributed by atoms with Gasteiger partial charge in [0.2, 0.25) is 0 Å². The van der Waals surface area contributed by atoms with Crippen LogP contribution in [0.25, 0.3) is 11.1 Å². The Bertz CT molecular complexity index is 630. The van der Waals surface area contributed by atoms with Crippen LogP contribution in [0.4, 0.5) is 4.39 Å². The van der Waals surface area contributed by atoms with E-state index in [4.69, 9.17) is 4.74 Å². The molecule has 0 aliphatic rings. The zero-order valence-corrected chi connectivity index (χ0v) is 12.5. The Labute approximate surface area is 124 Å². The fourth-order valence-electron chi connectivity index (χ4n) is 2.34. The van der Waals surface area contributed by atoms with Gasteiger partial charge in [-0.05, 0) is 53.8 Å². The lowest BCUT2D eigenvalue weighted by molar-refractivity contribution is 0.112. The van der Waals surface area contributed by atoms with Crippen molar-refractivity contribution >= 4 is 6.29 Å². The van der Waals surface area contributed by atoms with E-state index in [-0.39, 0.29) is 11.7 Å². The summed E-state index contributed by atoms with van der Waals surface area (Å²) in [6.45, 7) is 6.50. The number of hydrogen-bond donors (Lipinski definition) is 0. The van der Waals surface area contributed by atoms with Crippen LogP contribution >= 0.6 is 0 Å². The minimum Gasteiger partial charge on any atom is -0.493 e. The second kappa shape index (κ2) is 6.53. The lowest BCUT2D eigenvalue weighted by atomic mass is 9.90. The molecule has 2 aromatic rings. The van der Waals surface area contributed by atoms with Gasteiger partial charge in [-0.15, -0.1) is 0 Å². The largest absolute Gasteiger partial charge is 0.493 e. The number of halogens is 1. The summed E-state index contributed by atoms with van der Waals surface area (Å²) in [4.78, 5) is 11.2. The number of benzene rings is 2. The van der Waals surface area contributed by atoms with Crippen molar-refractivity contribution in [2.75, 3.05) is 6.61 Å². The van der Waals surface area contributed by atoms with E-state index in [0.29, 0.717) is 17.9 Å². The quantitative estimate of drug-likeness (QED) is 0.736. The maximum atomic E-state index is 13.1. The van der Waals surface area contributed by atoms with Gasteiger partial charge in [-0.25, -0.2) is 4.39 Å². The molecular formula is C18H19FO2. The molecule has 2 aromatic carbocycles. The molecular weight excluding hydrogens is 267 g/mol. The summed E-state index contributed by atoms with van der Waals surface area (Å²) in [6, 6.07) is 10.1. The fourth-order valence-corrected chi connectivity index (χ4v) is 2.34. The first kappa shape index (κ1) is 15.2. The Morgan fingerprint density at radius 3 is 2.38 bits per heavy atom. The monoisotopic (exact) mass is 286 g/mol. The molecule has 0 fully saturated rings. The second-order valence-corrected chi connectivity index (χ2v) is 5.19. The van der Waals surface area contributed by atoms with Gasteiger partial charge in [0.15, 0.2) is 6.29 Å². The van der Waals surface area contributed by atoms with Crippen molar-refractivity contribution in [3.05, 3.63) is 53.3 Å². The summed E-state index contributed by atoms with van der Waals surface area (Å²) in [5.74, 6) is 0.551. The van der Waals surface area contributed by atoms with Gasteiger partial charge in [0.05, 0.1) is 12.2 Å². The maximum Gasteiger partial charge on any atom is 0.153 e. The van der Waals surface area contributed by atoms with Crippen molar-refractivity contribution in [1.82, 2.24) is 0 Å². The molecule has 0 heterocycles. The third-order valence-corrected chi connectivity index (χ3v) is 3.39. The highest BCUT2D eigenvalue weighted by molar-refractivity contribution is 5.83. The van der Waals surface area contributed by atoms with Crippen molar-refractivity contribution in [2.24, 2.45) is 0 Å². The van der Waals surface area contributed by atoms with Crippen LogP contribution in [0.5, 0.6) is 5.75 Å². The first-order valence-corrected chi connectivity index (χ1v) is 7.08. The maximum absolute atomic E-state index is 13.1. The molecule has 0 N–H and O–H groups in total. The van der Waals surface area contributed by atoms with Crippen LogP contribution in [-0.4, -0.2) is 12.9 Å². The molecule has 0 radical (unpaired) electrons. The summed E-state index contributed by atoms with van der Waals surface area (Å²) in [7, 11) is 0. The Morgan fingerprint density at radius 2 is 1.86 bits per heavy atom. The van der Waals surface area contributed by atoms with E-state index in [1.54, 1.807) is 12.1 Å². The van der Waals surface area contributed by atoms with Crippen LogP contribution in [0.1, 0.15) is 42.6 Å². The van der Waals surface area contributed by atoms with Crippen molar-refractivity contribution in [1.29, 1.82) is 0 Å². The van der Waals surface area contributed by atoms with Gasteiger partial charge in [0.25, 0.3) is 0 Å². The molecule has 0 unspecified atom stereocenters. The predicted molar refractivity (Wildman–Crippen MR) is 82.5 cm³/mol. The van der Waals surface area contributed by atoms with Crippen molar-refractivity contribution in [3.63, 3.8) is 0 Å². The van der Waals surface area contributed by atoms with Gasteiger partial charge in [-0.3, -0.25) is 4.79 Å². The summed E-state index contributed by atoms with van der Waals surface area (Å²) in [5.41, 5.74) is 3.48. The van der Waals surface area contributed by atoms with Crippen LogP contribution in [-0.2, 0) is 0 Å². The number of rotatable bonds is 5. The molecule has 2 nitrogen and oxygen atoms in total. The van der Waals surface area contributed by atoms with Crippen molar-refractivity contribution in [2.45, 2.75) is 26.7 Å². The molecule has 0 bridgehead atoms. The van der Waals surface area contributed by atoms with Crippen LogP contribution in [0.2, 0.25) is 0 Å². The highest BCUT2D eigenvalue weighted by Gasteiger charge is 2.14. The SMILES string of the molecule is CCOc1cc(-c2ccc(F)cc2)c(C(C)C)cc1C=O. The highest BCUT2D eigenvalue weighted by atomic mass is 19.1. The van der Waals surface area contributed by atoms with Gasteiger partial charge >= 0.3 is 0 Å². The third-order valence-electron chi connectivity index (χ3n) is 3.39. The molecule has 3 heteroatoms. The summed E-state index contributed by atoms with van der Waals surface area (Å²) >= 11 is 0. The van der Waals surface area contributed by atoms with E-state index >= 15 is 0 Å². The molecule has 0 saturated carbocycles. The van der Waals surface area contributed by atoms with E-state index in [0.717, 1.165) is 23.0 Å². The second-order valence-electron chi connectivity index (χ2n) is 5.19. The lowest BCUT2D eigenvalue weighted by Crippen LogP contribution is -2.01. The van der Waals surface area contributed by atoms with E-state index in [1.165, 1.54) is 12.1 Å². The highest BCUT2D eigenvalue weighted by Crippen LogP contribution is 2.34. The van der Waals surface area contributed by atoms with E-state index < -0.39 is 0 Å². The zero-order chi connectivity index (χ0) is 15.4. The number of ether oxygens (including phenoxy) is 1. The standard InChI is InChI=1S/C18H19FO2/c1-4-21-18-10-17(13-5-7-15(19)8-6-13)16(12(2)3)9-14(18)11-20/h5-12H,4H2,1-3H3. The predicted octanol–water partition coefficient (Wildman–Crippen LogP) is 4.83. The van der Waals surface area contributed by atoms with Crippen LogP contribution in [0.3, 0.4) is 0 Å². The first-order valence-electron chi connectivity index (χ1n) is 7.08. The Kier molecular flexibility index (Phi) is 4.73. The average molecular weight is 286 g/mol. The summed E-state index contributed by atoms with van der Waals surface area (Å²) < 4.78 is 18.7. The number of hydrogen-bond acceptors (Lipinski definition) is 2. The average Bonchev–Trinajstić information content (AvgIpc) is 2.47. The molecule has 0 aliphatic heterocycles. The number of carbonyl (C=O) groups excluding carboxylic acids is 1. The lowest BCUT2D eigenvalue weighted by Gasteiger charge is -2.17. The van der Waals surface area contributed by atoms with Crippen molar-refractivity contribution < 1.29 is 13.9 Å². The molecule has 0 aromatic heterocycles. The summed E-state index contributed by atoms with van der Waals surface area (Å²) in [6.07, 6.45) is 0.811. The molecule has 2 rings (SSSR count). The van der Waals surface area contributed by atoms with Crippen LogP contribution in [0.15, 0.2) is 36.4 Å². The van der Waals surface area contributed by atoms with Gasteiger partial charge in [-0.2, -0.15) is 0 Å². The molecule has 0 amide bonds. The van der Waals surface area contributed by atoms with E-state index in [1.807, 2.05) is 19.1 Å². The first-order chi connectivity index (χ1) is 10.1. The van der Waals surface area contributed by atoms with Gasteiger partial charge in [0, 0.05) is 0 Å². The molecule has 0 aliphatic carbocycles. The van der Waals surface area contributed by atoms with Crippen LogP contribution < -0.4 is 4.74 Å². The van der Waals surface area contributed by atoms with Gasteiger partial charge in [0.1, 0.15) is 11.6 Å². The molecule has 0 atom stereocenters. The number of aldehydes is 1. The van der Waals surface area contributed by atoms with Gasteiger partial charge in [-0.1, -0.05) is 26.0 Å². The number of carbonyl (C=O) groups is 1. The fraction of sp³-hybridized carbons (Fsp3) is 0.278. The van der Waals surface area contributed by atoms with Crippen molar-refractivity contribution in [3.8, 4) is 16.9 Å². The van der Waals surface area contributed by atoms with Crippen LogP contribution in [0, 0.1) is 5.82 Å². The Hall–Kier alpha value is -2.16. The molecule has 0 saturated heterocycles. The van der Waals surface area contributed by atoms with E-state index in [2.05, 4.69) is 13.8 Å². The van der Waals surface area contributed by atoms with Gasteiger partial charge < -0.3 is 4.74 Å². The third kappa shape index (κ3) is 3.30. The van der Waals surface area contributed by atoms with E-state index in [9.17, 15) is 9.18 Å². The Balaban J connectivity index is 2.63. The summed E-state index contributed by atoms with van der Waals surface area (Å²) in [5, 5.41) is 0.